The number of carbonyl (C=O) groups is 1. The predicted octanol–water partition coefficient (Wildman–Crippen LogP) is 1.89. The Kier molecular flexibility index (Phi) is 2.90. The van der Waals surface area contributed by atoms with Crippen LogP contribution in [-0.4, -0.2) is 5.97 Å². The lowest BCUT2D eigenvalue weighted by Crippen LogP contribution is -2.06. The molecule has 1 atom stereocenters. The first-order chi connectivity index (χ1) is 6.11. The summed E-state index contributed by atoms with van der Waals surface area (Å²) in [5, 5.41) is 0. The lowest BCUT2D eigenvalue weighted by atomic mass is 10.1. The standard InChI is InChI=1S/C10H13NO2/c1-7(13-8(2)12)9-5-3-4-6-10(9)11/h3-7H,11H2,1-2H3/t7-/m0/s1. The summed E-state index contributed by atoms with van der Waals surface area (Å²) in [5.41, 5.74) is 7.20. The maximum atomic E-state index is 10.7. The van der Waals surface area contributed by atoms with Crippen molar-refractivity contribution in [2.75, 3.05) is 5.73 Å². The summed E-state index contributed by atoms with van der Waals surface area (Å²) in [6.45, 7) is 3.18. The highest BCUT2D eigenvalue weighted by Gasteiger charge is 2.10. The maximum absolute atomic E-state index is 10.7. The zero-order valence-corrected chi connectivity index (χ0v) is 7.78. The van der Waals surface area contributed by atoms with Crippen LogP contribution >= 0.6 is 0 Å². The van der Waals surface area contributed by atoms with Crippen molar-refractivity contribution in [3.05, 3.63) is 29.8 Å². The van der Waals surface area contributed by atoms with Gasteiger partial charge in [0.25, 0.3) is 0 Å². The number of ether oxygens (including phenoxy) is 1. The quantitative estimate of drug-likeness (QED) is 0.557. The summed E-state index contributed by atoms with van der Waals surface area (Å²) >= 11 is 0. The van der Waals surface area contributed by atoms with Crippen molar-refractivity contribution < 1.29 is 9.53 Å². The molecule has 3 heteroatoms. The summed E-state index contributed by atoms with van der Waals surface area (Å²) < 4.78 is 5.00. The van der Waals surface area contributed by atoms with Crippen LogP contribution in [0.1, 0.15) is 25.5 Å². The van der Waals surface area contributed by atoms with E-state index in [-0.39, 0.29) is 12.1 Å². The number of nitrogen functional groups attached to an aromatic ring is 1. The fraction of sp³-hybridized carbons (Fsp3) is 0.300. The predicted molar refractivity (Wildman–Crippen MR) is 51.0 cm³/mol. The van der Waals surface area contributed by atoms with Gasteiger partial charge >= 0.3 is 5.97 Å². The number of carbonyl (C=O) groups excluding carboxylic acids is 1. The van der Waals surface area contributed by atoms with E-state index in [4.69, 9.17) is 10.5 Å². The number of para-hydroxylation sites is 1. The summed E-state index contributed by atoms with van der Waals surface area (Å²) in [5.74, 6) is -0.296. The Hall–Kier alpha value is -1.51. The van der Waals surface area contributed by atoms with E-state index in [0.29, 0.717) is 5.69 Å². The van der Waals surface area contributed by atoms with E-state index in [9.17, 15) is 4.79 Å². The highest BCUT2D eigenvalue weighted by atomic mass is 16.5. The largest absolute Gasteiger partial charge is 0.458 e. The van der Waals surface area contributed by atoms with Gasteiger partial charge in [-0.3, -0.25) is 4.79 Å². The van der Waals surface area contributed by atoms with Crippen LogP contribution in [0, 0.1) is 0 Å². The Morgan fingerprint density at radius 1 is 1.46 bits per heavy atom. The first kappa shape index (κ1) is 9.58. The van der Waals surface area contributed by atoms with Gasteiger partial charge < -0.3 is 10.5 Å². The van der Waals surface area contributed by atoms with Gasteiger partial charge in [-0.15, -0.1) is 0 Å². The number of nitrogens with two attached hydrogens (primary N) is 1. The lowest BCUT2D eigenvalue weighted by Gasteiger charge is -2.13. The maximum Gasteiger partial charge on any atom is 0.303 e. The van der Waals surface area contributed by atoms with Crippen LogP contribution in [0.3, 0.4) is 0 Å². The van der Waals surface area contributed by atoms with Gasteiger partial charge in [0, 0.05) is 18.2 Å². The van der Waals surface area contributed by atoms with E-state index in [0.717, 1.165) is 5.56 Å². The second-order valence-electron chi connectivity index (χ2n) is 2.88. The van der Waals surface area contributed by atoms with Gasteiger partial charge in [-0.05, 0) is 13.0 Å². The van der Waals surface area contributed by atoms with Gasteiger partial charge in [-0.1, -0.05) is 18.2 Å². The average molecular weight is 179 g/mol. The summed E-state index contributed by atoms with van der Waals surface area (Å²) in [6.07, 6.45) is -0.279. The molecular formula is C10H13NO2. The zero-order valence-electron chi connectivity index (χ0n) is 7.78. The van der Waals surface area contributed by atoms with Crippen LogP contribution in [-0.2, 0) is 9.53 Å². The Morgan fingerprint density at radius 3 is 2.62 bits per heavy atom. The van der Waals surface area contributed by atoms with Crippen LogP contribution in [0.4, 0.5) is 5.69 Å². The molecule has 0 radical (unpaired) electrons. The summed E-state index contributed by atoms with van der Waals surface area (Å²) in [7, 11) is 0. The molecule has 0 unspecified atom stereocenters. The molecule has 0 aliphatic heterocycles. The topological polar surface area (TPSA) is 52.3 Å². The number of anilines is 1. The number of hydrogen-bond acceptors (Lipinski definition) is 3. The van der Waals surface area contributed by atoms with Gasteiger partial charge in [0.05, 0.1) is 0 Å². The van der Waals surface area contributed by atoms with Crippen LogP contribution in [0.25, 0.3) is 0 Å². The molecule has 0 saturated heterocycles. The third-order valence-electron chi connectivity index (χ3n) is 1.78. The minimum absolute atomic E-state index is 0.279. The molecule has 1 aromatic carbocycles. The Morgan fingerprint density at radius 2 is 2.08 bits per heavy atom. The van der Waals surface area contributed by atoms with Crippen molar-refractivity contribution >= 4 is 11.7 Å². The van der Waals surface area contributed by atoms with Crippen molar-refractivity contribution in [2.45, 2.75) is 20.0 Å². The van der Waals surface area contributed by atoms with E-state index in [1.807, 2.05) is 18.2 Å². The molecule has 0 aliphatic rings. The molecule has 0 amide bonds. The zero-order chi connectivity index (χ0) is 9.84. The molecule has 0 aromatic heterocycles. The number of benzene rings is 1. The lowest BCUT2D eigenvalue weighted by molar-refractivity contribution is -0.145. The molecule has 0 heterocycles. The smallest absolute Gasteiger partial charge is 0.303 e. The SMILES string of the molecule is CC(=O)O[C@@H](C)c1ccccc1N. The highest BCUT2D eigenvalue weighted by molar-refractivity contribution is 5.66. The summed E-state index contributed by atoms with van der Waals surface area (Å²) in [4.78, 5) is 10.7. The molecular weight excluding hydrogens is 166 g/mol. The first-order valence-corrected chi connectivity index (χ1v) is 4.13. The molecule has 1 aromatic rings. The Bertz CT molecular complexity index is 310. The van der Waals surface area contributed by atoms with Crippen molar-refractivity contribution in [3.8, 4) is 0 Å². The second-order valence-corrected chi connectivity index (χ2v) is 2.88. The third kappa shape index (κ3) is 2.47. The van der Waals surface area contributed by atoms with Gasteiger partial charge in [-0.2, -0.15) is 0 Å². The molecule has 0 spiro atoms. The van der Waals surface area contributed by atoms with E-state index >= 15 is 0 Å². The minimum atomic E-state index is -0.296. The van der Waals surface area contributed by atoms with Gasteiger partial charge in [0.1, 0.15) is 6.10 Å². The van der Waals surface area contributed by atoms with Crippen molar-refractivity contribution in [2.24, 2.45) is 0 Å². The van der Waals surface area contributed by atoms with E-state index < -0.39 is 0 Å². The molecule has 0 saturated carbocycles. The number of rotatable bonds is 2. The van der Waals surface area contributed by atoms with Crippen LogP contribution < -0.4 is 5.73 Å². The first-order valence-electron chi connectivity index (χ1n) is 4.13. The molecule has 13 heavy (non-hydrogen) atoms. The van der Waals surface area contributed by atoms with Crippen molar-refractivity contribution in [1.29, 1.82) is 0 Å². The molecule has 70 valence electrons. The third-order valence-corrected chi connectivity index (χ3v) is 1.78. The summed E-state index contributed by atoms with van der Waals surface area (Å²) in [6, 6.07) is 7.35. The minimum Gasteiger partial charge on any atom is -0.458 e. The van der Waals surface area contributed by atoms with Crippen molar-refractivity contribution in [3.63, 3.8) is 0 Å². The molecule has 0 fully saturated rings. The fourth-order valence-corrected chi connectivity index (χ4v) is 1.19. The van der Waals surface area contributed by atoms with Crippen LogP contribution in [0.2, 0.25) is 0 Å². The molecule has 2 N–H and O–H groups in total. The Labute approximate surface area is 77.5 Å². The fourth-order valence-electron chi connectivity index (χ4n) is 1.19. The van der Waals surface area contributed by atoms with E-state index in [1.54, 1.807) is 13.0 Å². The van der Waals surface area contributed by atoms with E-state index in [2.05, 4.69) is 0 Å². The molecule has 0 bridgehead atoms. The van der Waals surface area contributed by atoms with Crippen molar-refractivity contribution in [1.82, 2.24) is 0 Å². The molecule has 3 nitrogen and oxygen atoms in total. The number of esters is 1. The van der Waals surface area contributed by atoms with Gasteiger partial charge in [-0.25, -0.2) is 0 Å². The van der Waals surface area contributed by atoms with Gasteiger partial charge in [0.15, 0.2) is 0 Å². The van der Waals surface area contributed by atoms with Gasteiger partial charge in [0.2, 0.25) is 0 Å². The monoisotopic (exact) mass is 179 g/mol. The average Bonchev–Trinajstić information content (AvgIpc) is 2.03. The normalized spacial score (nSPS) is 12.2. The Balaban J connectivity index is 2.82. The molecule has 1 rings (SSSR count). The van der Waals surface area contributed by atoms with Crippen LogP contribution in [0.15, 0.2) is 24.3 Å². The number of hydrogen-bond donors (Lipinski definition) is 1. The van der Waals surface area contributed by atoms with Crippen LogP contribution in [0.5, 0.6) is 0 Å². The van der Waals surface area contributed by atoms with E-state index in [1.165, 1.54) is 6.92 Å². The molecule has 0 aliphatic carbocycles. The highest BCUT2D eigenvalue weighted by Crippen LogP contribution is 2.22. The second kappa shape index (κ2) is 3.94.